The van der Waals surface area contributed by atoms with Gasteiger partial charge in [-0.05, 0) is 0 Å². The molecular weight excluding hydrogens is 304 g/mol. The fraction of sp³-hybridized carbons (Fsp3) is 0.250. The number of anilines is 4. The Morgan fingerprint density at radius 3 is 1.67 bits per heavy atom. The van der Waals surface area contributed by atoms with Crippen molar-refractivity contribution in [1.29, 1.82) is 0 Å². The van der Waals surface area contributed by atoms with Crippen LogP contribution >= 0.6 is 0 Å². The van der Waals surface area contributed by atoms with Crippen LogP contribution in [0.1, 0.15) is 11.4 Å². The molecule has 0 fully saturated rings. The summed E-state index contributed by atoms with van der Waals surface area (Å²) in [5, 5.41) is 0. The molecule has 0 spiro atoms. The number of aromatic nitrogens is 6. The van der Waals surface area contributed by atoms with Gasteiger partial charge in [0.15, 0.2) is 11.6 Å². The van der Waals surface area contributed by atoms with Crippen molar-refractivity contribution in [1.82, 2.24) is 29.9 Å². The summed E-state index contributed by atoms with van der Waals surface area (Å²) in [7, 11) is 0. The van der Waals surface area contributed by atoms with Crippen LogP contribution in [0.4, 0.5) is 23.3 Å². The second-order valence-corrected chi connectivity index (χ2v) is 5.69. The lowest BCUT2D eigenvalue weighted by Crippen LogP contribution is -2.19. The number of rotatable bonds is 2. The second kappa shape index (κ2) is 5.19. The summed E-state index contributed by atoms with van der Waals surface area (Å²) < 4.78 is 0. The molecule has 118 valence electrons. The van der Waals surface area contributed by atoms with E-state index < -0.39 is 0 Å². The zero-order chi connectivity index (χ0) is 15.9. The van der Waals surface area contributed by atoms with Gasteiger partial charge in [0.25, 0.3) is 0 Å². The molecule has 24 heavy (non-hydrogen) atoms. The lowest BCUT2D eigenvalue weighted by Gasteiger charge is -2.20. The van der Waals surface area contributed by atoms with Crippen LogP contribution in [0, 0.1) is 0 Å². The zero-order valence-electron chi connectivity index (χ0n) is 12.9. The summed E-state index contributed by atoms with van der Waals surface area (Å²) >= 11 is 0. The molecule has 2 aliphatic rings. The van der Waals surface area contributed by atoms with Crippen molar-refractivity contribution in [2.45, 2.75) is 12.8 Å². The number of nitrogens with zero attached hydrogens (tertiary/aromatic N) is 8. The molecule has 5 heterocycles. The molecule has 8 nitrogen and oxygen atoms in total. The average molecular weight is 318 g/mol. The number of fused-ring (bicyclic) bond motifs is 2. The van der Waals surface area contributed by atoms with E-state index in [-0.39, 0.29) is 0 Å². The third-order valence-corrected chi connectivity index (χ3v) is 4.35. The highest BCUT2D eigenvalue weighted by Gasteiger charge is 2.27. The smallest absolute Gasteiger partial charge is 0.155 e. The van der Waals surface area contributed by atoms with Crippen LogP contribution in [0.5, 0.6) is 0 Å². The average Bonchev–Trinajstić information content (AvgIpc) is 3.26. The van der Waals surface area contributed by atoms with Gasteiger partial charge in [-0.1, -0.05) is 0 Å². The molecule has 0 aliphatic carbocycles. The van der Waals surface area contributed by atoms with Gasteiger partial charge in [-0.2, -0.15) is 0 Å². The first-order valence-corrected chi connectivity index (χ1v) is 7.87. The molecule has 0 atom stereocenters. The van der Waals surface area contributed by atoms with Crippen molar-refractivity contribution in [2.24, 2.45) is 0 Å². The Balaban J connectivity index is 1.52. The molecule has 0 radical (unpaired) electrons. The fourth-order valence-corrected chi connectivity index (χ4v) is 3.25. The predicted molar refractivity (Wildman–Crippen MR) is 87.5 cm³/mol. The van der Waals surface area contributed by atoms with E-state index in [2.05, 4.69) is 39.7 Å². The van der Waals surface area contributed by atoms with Crippen molar-refractivity contribution >= 4 is 23.3 Å². The Bertz CT molecular complexity index is 841. The maximum absolute atomic E-state index is 4.45. The molecule has 0 amide bonds. The largest absolute Gasteiger partial charge is 0.309 e. The SMILES string of the molecule is c1nc(N2CCc3nccnc32)cc(N2CCc3nccnc32)n1. The van der Waals surface area contributed by atoms with Gasteiger partial charge in [0.05, 0.1) is 11.4 Å². The highest BCUT2D eigenvalue weighted by molar-refractivity contribution is 5.68. The first kappa shape index (κ1) is 13.3. The normalized spacial score (nSPS) is 15.5. The van der Waals surface area contributed by atoms with Crippen LogP contribution in [-0.4, -0.2) is 43.0 Å². The van der Waals surface area contributed by atoms with Crippen molar-refractivity contribution in [3.05, 3.63) is 48.6 Å². The summed E-state index contributed by atoms with van der Waals surface area (Å²) in [6.07, 6.45) is 10.2. The first-order valence-electron chi connectivity index (χ1n) is 7.87. The van der Waals surface area contributed by atoms with Gasteiger partial charge in [-0.25, -0.2) is 19.9 Å². The van der Waals surface area contributed by atoms with Gasteiger partial charge in [-0.3, -0.25) is 9.97 Å². The van der Waals surface area contributed by atoms with Crippen LogP contribution in [0.15, 0.2) is 37.2 Å². The van der Waals surface area contributed by atoms with E-state index in [1.807, 2.05) is 6.07 Å². The molecule has 3 aromatic rings. The summed E-state index contributed by atoms with van der Waals surface area (Å²) in [4.78, 5) is 30.7. The topological polar surface area (TPSA) is 83.8 Å². The summed E-state index contributed by atoms with van der Waals surface area (Å²) in [6, 6.07) is 1.98. The van der Waals surface area contributed by atoms with E-state index >= 15 is 0 Å². The zero-order valence-corrected chi connectivity index (χ0v) is 12.9. The van der Waals surface area contributed by atoms with Gasteiger partial charge >= 0.3 is 0 Å². The van der Waals surface area contributed by atoms with Crippen molar-refractivity contribution in [3.63, 3.8) is 0 Å². The molecule has 0 bridgehead atoms. The second-order valence-electron chi connectivity index (χ2n) is 5.69. The standard InChI is InChI=1S/C16H14N8/c1-7-23(15-11(1)17-3-5-19-15)13-9-14(22-10-21-13)24-8-2-12-16(24)20-6-4-18-12/h3-6,9-10H,1-2,7-8H2. The number of hydrogen-bond acceptors (Lipinski definition) is 8. The van der Waals surface area contributed by atoms with Crippen LogP contribution in [-0.2, 0) is 12.8 Å². The quantitative estimate of drug-likeness (QED) is 0.702. The first-order chi connectivity index (χ1) is 11.9. The van der Waals surface area contributed by atoms with Crippen molar-refractivity contribution < 1.29 is 0 Å². The molecule has 8 heteroatoms. The Kier molecular flexibility index (Phi) is 2.87. The Labute approximate surface area is 138 Å². The predicted octanol–water partition coefficient (Wildman–Crippen LogP) is 1.44. The minimum Gasteiger partial charge on any atom is -0.309 e. The van der Waals surface area contributed by atoms with E-state index in [9.17, 15) is 0 Å². The minimum atomic E-state index is 0.826. The fourth-order valence-electron chi connectivity index (χ4n) is 3.25. The third-order valence-electron chi connectivity index (χ3n) is 4.35. The molecule has 3 aromatic heterocycles. The van der Waals surface area contributed by atoms with Gasteiger partial charge in [0, 0.05) is 56.8 Å². The van der Waals surface area contributed by atoms with Gasteiger partial charge in [-0.15, -0.1) is 0 Å². The van der Waals surface area contributed by atoms with Gasteiger partial charge in [0.2, 0.25) is 0 Å². The highest BCUT2D eigenvalue weighted by Crippen LogP contribution is 2.34. The highest BCUT2D eigenvalue weighted by atomic mass is 15.3. The molecule has 2 aliphatic heterocycles. The van der Waals surface area contributed by atoms with Crippen LogP contribution in [0.25, 0.3) is 0 Å². The van der Waals surface area contributed by atoms with Gasteiger partial charge < -0.3 is 9.80 Å². The Morgan fingerprint density at radius 2 is 1.12 bits per heavy atom. The molecule has 0 N–H and O–H groups in total. The summed E-state index contributed by atoms with van der Waals surface area (Å²) in [5.41, 5.74) is 2.02. The van der Waals surface area contributed by atoms with E-state index in [0.717, 1.165) is 60.6 Å². The maximum Gasteiger partial charge on any atom is 0.155 e. The molecular formula is C16H14N8. The van der Waals surface area contributed by atoms with Crippen LogP contribution in [0.2, 0.25) is 0 Å². The molecule has 0 saturated carbocycles. The van der Waals surface area contributed by atoms with E-state index in [1.165, 1.54) is 0 Å². The molecule has 5 rings (SSSR count). The van der Waals surface area contributed by atoms with E-state index in [4.69, 9.17) is 0 Å². The van der Waals surface area contributed by atoms with Crippen molar-refractivity contribution in [2.75, 3.05) is 22.9 Å². The lowest BCUT2D eigenvalue weighted by atomic mass is 10.4. The molecule has 0 aromatic carbocycles. The molecule has 0 unspecified atom stereocenters. The van der Waals surface area contributed by atoms with Crippen LogP contribution < -0.4 is 9.80 Å². The van der Waals surface area contributed by atoms with Crippen molar-refractivity contribution in [3.8, 4) is 0 Å². The Morgan fingerprint density at radius 1 is 0.625 bits per heavy atom. The third kappa shape index (κ3) is 1.99. The van der Waals surface area contributed by atoms with E-state index in [0.29, 0.717) is 0 Å². The van der Waals surface area contributed by atoms with Crippen LogP contribution in [0.3, 0.4) is 0 Å². The van der Waals surface area contributed by atoms with Gasteiger partial charge in [0.1, 0.15) is 18.0 Å². The summed E-state index contributed by atoms with van der Waals surface area (Å²) in [6.45, 7) is 1.65. The molecule has 0 saturated heterocycles. The number of hydrogen-bond donors (Lipinski definition) is 0. The monoisotopic (exact) mass is 318 g/mol. The Hall–Kier alpha value is -3.16. The maximum atomic E-state index is 4.45. The minimum absolute atomic E-state index is 0.826. The lowest BCUT2D eigenvalue weighted by molar-refractivity contribution is 0.925. The van der Waals surface area contributed by atoms with E-state index in [1.54, 1.807) is 31.1 Å². The summed E-state index contributed by atoms with van der Waals surface area (Å²) in [5.74, 6) is 3.42.